The molecule has 39 heavy (non-hydrogen) atoms. The summed E-state index contributed by atoms with van der Waals surface area (Å²) in [6.07, 6.45) is 0. The van der Waals surface area contributed by atoms with E-state index < -0.39 is 0 Å². The fourth-order valence-corrected chi connectivity index (χ4v) is 6.26. The molecular formula is C37H22ClN. The summed E-state index contributed by atoms with van der Waals surface area (Å²) < 4.78 is 0. The predicted octanol–water partition coefficient (Wildman–Crippen LogP) is 10.8. The van der Waals surface area contributed by atoms with Gasteiger partial charge in [0.1, 0.15) is 0 Å². The Morgan fingerprint density at radius 1 is 0.410 bits per heavy atom. The van der Waals surface area contributed by atoms with Gasteiger partial charge in [0.2, 0.25) is 0 Å². The third-order valence-electron chi connectivity index (χ3n) is 7.87. The van der Waals surface area contributed by atoms with Crippen molar-refractivity contribution in [2.45, 2.75) is 0 Å². The van der Waals surface area contributed by atoms with Gasteiger partial charge >= 0.3 is 0 Å². The molecule has 0 fully saturated rings. The van der Waals surface area contributed by atoms with E-state index in [1.165, 1.54) is 43.3 Å². The molecule has 0 aliphatic carbocycles. The first-order valence-electron chi connectivity index (χ1n) is 13.2. The summed E-state index contributed by atoms with van der Waals surface area (Å²) >= 11 is 7.10. The van der Waals surface area contributed by atoms with Gasteiger partial charge in [-0.3, -0.25) is 0 Å². The van der Waals surface area contributed by atoms with Crippen LogP contribution in [0.4, 0.5) is 0 Å². The molecule has 0 bridgehead atoms. The van der Waals surface area contributed by atoms with Gasteiger partial charge in [0.25, 0.3) is 0 Å². The Morgan fingerprint density at radius 3 is 1.82 bits per heavy atom. The van der Waals surface area contributed by atoms with E-state index in [2.05, 4.69) is 127 Å². The second kappa shape index (κ2) is 8.66. The molecule has 1 heterocycles. The van der Waals surface area contributed by atoms with Gasteiger partial charge in [0.05, 0.1) is 16.2 Å². The van der Waals surface area contributed by atoms with E-state index in [9.17, 15) is 0 Å². The van der Waals surface area contributed by atoms with Crippen molar-refractivity contribution < 1.29 is 0 Å². The summed E-state index contributed by atoms with van der Waals surface area (Å²) in [6.45, 7) is 0. The maximum Gasteiger partial charge on any atom is 0.0803 e. The summed E-state index contributed by atoms with van der Waals surface area (Å²) in [5.41, 5.74) is 5.24. The third-order valence-corrected chi connectivity index (χ3v) is 8.19. The van der Waals surface area contributed by atoms with Gasteiger partial charge in [-0.25, -0.2) is 4.98 Å². The Kier molecular flexibility index (Phi) is 4.95. The predicted molar refractivity (Wildman–Crippen MR) is 168 cm³/mol. The molecule has 0 atom stereocenters. The van der Waals surface area contributed by atoms with Crippen LogP contribution >= 0.6 is 11.6 Å². The number of halogens is 1. The molecule has 8 aromatic rings. The molecule has 1 aromatic heterocycles. The van der Waals surface area contributed by atoms with Crippen molar-refractivity contribution in [1.29, 1.82) is 0 Å². The highest BCUT2D eigenvalue weighted by molar-refractivity contribution is 6.37. The van der Waals surface area contributed by atoms with Crippen LogP contribution in [0, 0.1) is 0 Å². The molecule has 7 aromatic carbocycles. The zero-order valence-electron chi connectivity index (χ0n) is 21.0. The van der Waals surface area contributed by atoms with E-state index in [-0.39, 0.29) is 0 Å². The van der Waals surface area contributed by atoms with E-state index in [4.69, 9.17) is 16.6 Å². The molecule has 0 saturated heterocycles. The van der Waals surface area contributed by atoms with Crippen LogP contribution in [0.15, 0.2) is 133 Å². The zero-order chi connectivity index (χ0) is 25.9. The Labute approximate surface area is 230 Å². The quantitative estimate of drug-likeness (QED) is 0.208. The molecular weight excluding hydrogens is 494 g/mol. The van der Waals surface area contributed by atoms with Crippen LogP contribution in [0.2, 0.25) is 5.02 Å². The lowest BCUT2D eigenvalue weighted by Gasteiger charge is -2.15. The summed E-state index contributed by atoms with van der Waals surface area (Å²) in [5, 5.41) is 11.2. The molecule has 182 valence electrons. The fraction of sp³-hybridized carbons (Fsp3) is 0. The van der Waals surface area contributed by atoms with E-state index in [1.54, 1.807) is 0 Å². The summed E-state index contributed by atoms with van der Waals surface area (Å²) in [5.74, 6) is 0. The lowest BCUT2D eigenvalue weighted by molar-refractivity contribution is 1.42. The molecule has 0 N–H and O–H groups in total. The first-order valence-corrected chi connectivity index (χ1v) is 13.5. The normalized spacial score (nSPS) is 11.7. The molecule has 0 aliphatic heterocycles. The molecule has 0 spiro atoms. The first-order chi connectivity index (χ1) is 19.2. The van der Waals surface area contributed by atoms with Crippen LogP contribution in [0.1, 0.15) is 0 Å². The molecule has 1 nitrogen and oxygen atoms in total. The van der Waals surface area contributed by atoms with Crippen LogP contribution in [-0.2, 0) is 0 Å². The Balaban J connectivity index is 1.42. The second-order valence-corrected chi connectivity index (χ2v) is 10.5. The van der Waals surface area contributed by atoms with E-state index in [0.29, 0.717) is 5.02 Å². The van der Waals surface area contributed by atoms with Gasteiger partial charge in [-0.15, -0.1) is 0 Å². The van der Waals surface area contributed by atoms with Crippen molar-refractivity contribution in [2.24, 2.45) is 0 Å². The van der Waals surface area contributed by atoms with Gasteiger partial charge < -0.3 is 0 Å². The van der Waals surface area contributed by atoms with E-state index in [0.717, 1.165) is 33.1 Å². The number of rotatable bonds is 2. The highest BCUT2D eigenvalue weighted by Gasteiger charge is 2.16. The Bertz CT molecular complexity index is 2250. The van der Waals surface area contributed by atoms with Crippen LogP contribution in [0.3, 0.4) is 0 Å². The summed E-state index contributed by atoms with van der Waals surface area (Å²) in [6, 6.07) is 47.2. The average Bonchev–Trinajstić information content (AvgIpc) is 3.00. The molecule has 8 rings (SSSR count). The highest BCUT2D eigenvalue weighted by Crippen LogP contribution is 2.41. The topological polar surface area (TPSA) is 12.9 Å². The van der Waals surface area contributed by atoms with Crippen LogP contribution in [0.5, 0.6) is 0 Å². The SMILES string of the molecule is Clc1cc(-c2cc3ccccc3c3ccccc23)nc2c1cc(-c1ccc3ccccc3c1)c1ccccc12. The minimum Gasteiger partial charge on any atom is -0.247 e. The molecule has 0 unspecified atom stereocenters. The molecule has 0 saturated carbocycles. The lowest BCUT2D eigenvalue weighted by Crippen LogP contribution is -1.92. The second-order valence-electron chi connectivity index (χ2n) is 10.1. The fourth-order valence-electron chi connectivity index (χ4n) is 6.01. The first kappa shape index (κ1) is 22.3. The van der Waals surface area contributed by atoms with Crippen LogP contribution in [-0.4, -0.2) is 4.98 Å². The number of pyridine rings is 1. The molecule has 0 aliphatic rings. The zero-order valence-corrected chi connectivity index (χ0v) is 21.8. The van der Waals surface area contributed by atoms with Gasteiger partial charge in [-0.1, -0.05) is 121 Å². The number of nitrogens with zero attached hydrogens (tertiary/aromatic N) is 1. The van der Waals surface area contributed by atoms with Gasteiger partial charge in [0.15, 0.2) is 0 Å². The van der Waals surface area contributed by atoms with Crippen molar-refractivity contribution in [3.63, 3.8) is 0 Å². The van der Waals surface area contributed by atoms with E-state index in [1.807, 2.05) is 6.07 Å². The minimum absolute atomic E-state index is 0.708. The average molecular weight is 516 g/mol. The lowest BCUT2D eigenvalue weighted by atomic mass is 9.92. The van der Waals surface area contributed by atoms with Gasteiger partial charge in [-0.2, -0.15) is 0 Å². The molecule has 0 amide bonds. The smallest absolute Gasteiger partial charge is 0.0803 e. The maximum absolute atomic E-state index is 7.10. The van der Waals surface area contributed by atoms with Crippen molar-refractivity contribution in [1.82, 2.24) is 4.98 Å². The van der Waals surface area contributed by atoms with Crippen molar-refractivity contribution in [3.05, 3.63) is 138 Å². The van der Waals surface area contributed by atoms with Crippen LogP contribution in [0.25, 0.3) is 76.4 Å². The summed E-state index contributed by atoms with van der Waals surface area (Å²) in [7, 11) is 0. The van der Waals surface area contributed by atoms with Gasteiger partial charge in [0, 0.05) is 16.3 Å². The van der Waals surface area contributed by atoms with Crippen LogP contribution < -0.4 is 0 Å². The number of fused-ring (bicyclic) bond motifs is 7. The Morgan fingerprint density at radius 2 is 1.03 bits per heavy atom. The van der Waals surface area contributed by atoms with Crippen molar-refractivity contribution in [3.8, 4) is 22.4 Å². The summed E-state index contributed by atoms with van der Waals surface area (Å²) in [4.78, 5) is 5.29. The monoisotopic (exact) mass is 515 g/mol. The molecule has 2 heteroatoms. The number of aromatic nitrogens is 1. The Hall–Kier alpha value is -4.72. The minimum atomic E-state index is 0.708. The largest absolute Gasteiger partial charge is 0.247 e. The number of hydrogen-bond acceptors (Lipinski definition) is 1. The van der Waals surface area contributed by atoms with Crippen molar-refractivity contribution in [2.75, 3.05) is 0 Å². The van der Waals surface area contributed by atoms with E-state index >= 15 is 0 Å². The standard InChI is InChI=1S/C37H22ClN/c38-35-22-36(33-20-25-11-3-4-12-27(25)28-13-5-6-14-29(28)33)39-37-31-16-8-7-15-30(31)32(21-34(35)37)26-18-17-23-9-1-2-10-24(23)19-26/h1-22H. The van der Waals surface area contributed by atoms with Crippen molar-refractivity contribution >= 4 is 65.6 Å². The third kappa shape index (κ3) is 3.51. The highest BCUT2D eigenvalue weighted by atomic mass is 35.5. The number of benzene rings is 7. The molecule has 0 radical (unpaired) electrons. The number of hydrogen-bond donors (Lipinski definition) is 0. The maximum atomic E-state index is 7.10. The van der Waals surface area contributed by atoms with Gasteiger partial charge in [-0.05, 0) is 73.1 Å².